The molecule has 0 aromatic heterocycles. The molecule has 1 aromatic rings. The molecular weight excluding hydrogens is 430 g/mol. The molecular formula is C23H37N3O5S. The molecule has 2 saturated heterocycles. The topological polar surface area (TPSA) is 108 Å². The third-order valence-corrected chi connectivity index (χ3v) is 7.78. The van der Waals surface area contributed by atoms with E-state index < -0.39 is 22.2 Å². The fourth-order valence-corrected chi connectivity index (χ4v) is 5.84. The van der Waals surface area contributed by atoms with Crippen LogP contribution >= 0.6 is 0 Å². The summed E-state index contributed by atoms with van der Waals surface area (Å²) in [5, 5.41) is 12.7. The molecule has 9 heteroatoms. The van der Waals surface area contributed by atoms with Gasteiger partial charge in [0.25, 0.3) is 0 Å². The number of hydrogen-bond acceptors (Lipinski definition) is 6. The summed E-state index contributed by atoms with van der Waals surface area (Å²) >= 11 is 0. The SMILES string of the molecule is Cc1cccc(S(=O)(=O)N[C@H]2CC[C@@H](CCNC(=O)CCN3CCCCC3)O[C@H]2CO)c1. The van der Waals surface area contributed by atoms with Gasteiger partial charge in [-0.2, -0.15) is 0 Å². The van der Waals surface area contributed by atoms with E-state index in [1.54, 1.807) is 18.2 Å². The van der Waals surface area contributed by atoms with Crippen LogP contribution in [0, 0.1) is 6.92 Å². The van der Waals surface area contributed by atoms with E-state index in [0.717, 1.165) is 25.2 Å². The molecule has 1 aromatic carbocycles. The van der Waals surface area contributed by atoms with Gasteiger partial charge >= 0.3 is 0 Å². The predicted octanol–water partition coefficient (Wildman–Crippen LogP) is 1.56. The molecule has 2 aliphatic rings. The Morgan fingerprint density at radius 3 is 2.72 bits per heavy atom. The van der Waals surface area contributed by atoms with Crippen LogP contribution in [-0.4, -0.2) is 75.4 Å². The lowest BCUT2D eigenvalue weighted by Gasteiger charge is -2.36. The Hall–Kier alpha value is -1.52. The smallest absolute Gasteiger partial charge is 0.240 e. The van der Waals surface area contributed by atoms with Gasteiger partial charge in [-0.3, -0.25) is 4.79 Å². The van der Waals surface area contributed by atoms with E-state index >= 15 is 0 Å². The number of nitrogens with one attached hydrogen (secondary N) is 2. The maximum atomic E-state index is 12.7. The Bertz CT molecular complexity index is 842. The molecule has 0 unspecified atom stereocenters. The van der Waals surface area contributed by atoms with Crippen molar-refractivity contribution in [3.8, 4) is 0 Å². The minimum Gasteiger partial charge on any atom is -0.394 e. The van der Waals surface area contributed by atoms with Crippen LogP contribution in [0.4, 0.5) is 0 Å². The molecule has 3 atom stereocenters. The van der Waals surface area contributed by atoms with E-state index in [0.29, 0.717) is 32.2 Å². The number of aliphatic hydroxyl groups excluding tert-OH is 1. The van der Waals surface area contributed by atoms with Crippen LogP contribution in [-0.2, 0) is 19.6 Å². The minimum absolute atomic E-state index is 0.0499. The third kappa shape index (κ3) is 7.52. The summed E-state index contributed by atoms with van der Waals surface area (Å²) in [6, 6.07) is 6.25. The van der Waals surface area contributed by atoms with Crippen molar-refractivity contribution >= 4 is 15.9 Å². The van der Waals surface area contributed by atoms with Crippen LogP contribution in [0.1, 0.15) is 50.5 Å². The fraction of sp³-hybridized carbons (Fsp3) is 0.696. The number of benzene rings is 1. The molecule has 0 bridgehead atoms. The number of aryl methyl sites for hydroxylation is 1. The molecule has 1 amide bonds. The quantitative estimate of drug-likeness (QED) is 0.482. The molecule has 0 aliphatic carbocycles. The van der Waals surface area contributed by atoms with Crippen LogP contribution < -0.4 is 10.0 Å². The lowest BCUT2D eigenvalue weighted by atomic mass is 9.98. The number of nitrogens with zero attached hydrogens (tertiary/aromatic N) is 1. The van der Waals surface area contributed by atoms with Gasteiger partial charge in [-0.1, -0.05) is 18.6 Å². The van der Waals surface area contributed by atoms with E-state index in [1.807, 2.05) is 13.0 Å². The molecule has 180 valence electrons. The molecule has 8 nitrogen and oxygen atoms in total. The molecule has 2 fully saturated rings. The lowest BCUT2D eigenvalue weighted by molar-refractivity contribution is -0.122. The van der Waals surface area contributed by atoms with Crippen LogP contribution in [0.15, 0.2) is 29.2 Å². The zero-order valence-corrected chi connectivity index (χ0v) is 19.8. The average Bonchev–Trinajstić information content (AvgIpc) is 2.79. The highest BCUT2D eigenvalue weighted by molar-refractivity contribution is 7.89. The van der Waals surface area contributed by atoms with Gasteiger partial charge in [0.2, 0.25) is 15.9 Å². The van der Waals surface area contributed by atoms with Crippen molar-refractivity contribution in [3.05, 3.63) is 29.8 Å². The second kappa shape index (κ2) is 12.1. The van der Waals surface area contributed by atoms with Crippen molar-refractivity contribution in [1.29, 1.82) is 0 Å². The van der Waals surface area contributed by atoms with Gasteiger partial charge in [-0.05, 0) is 69.8 Å². The summed E-state index contributed by atoms with van der Waals surface area (Å²) in [5.74, 6) is 0.0499. The first-order valence-electron chi connectivity index (χ1n) is 11.7. The number of amides is 1. The van der Waals surface area contributed by atoms with E-state index in [2.05, 4.69) is 14.9 Å². The Balaban J connectivity index is 1.40. The number of hydrogen-bond donors (Lipinski definition) is 3. The Kier molecular flexibility index (Phi) is 9.48. The van der Waals surface area contributed by atoms with E-state index in [4.69, 9.17) is 4.74 Å². The molecule has 3 rings (SSSR count). The largest absolute Gasteiger partial charge is 0.394 e. The number of piperidine rings is 1. The summed E-state index contributed by atoms with van der Waals surface area (Å²) in [5.41, 5.74) is 0.865. The van der Waals surface area contributed by atoms with Crippen LogP contribution in [0.2, 0.25) is 0 Å². The second-order valence-electron chi connectivity index (χ2n) is 8.89. The maximum Gasteiger partial charge on any atom is 0.240 e. The van der Waals surface area contributed by atoms with Crippen LogP contribution in [0.5, 0.6) is 0 Å². The van der Waals surface area contributed by atoms with Crippen molar-refractivity contribution in [3.63, 3.8) is 0 Å². The van der Waals surface area contributed by atoms with Crippen molar-refractivity contribution in [1.82, 2.24) is 14.9 Å². The summed E-state index contributed by atoms with van der Waals surface area (Å²) < 4.78 is 34.1. The number of ether oxygens (including phenoxy) is 1. The lowest BCUT2D eigenvalue weighted by Crippen LogP contribution is -2.51. The van der Waals surface area contributed by atoms with Gasteiger partial charge in [-0.15, -0.1) is 0 Å². The average molecular weight is 468 g/mol. The third-order valence-electron chi connectivity index (χ3n) is 6.29. The van der Waals surface area contributed by atoms with E-state index in [-0.39, 0.29) is 23.5 Å². The Labute approximate surface area is 191 Å². The second-order valence-corrected chi connectivity index (χ2v) is 10.6. The number of sulfonamides is 1. The summed E-state index contributed by atoms with van der Waals surface area (Å²) in [4.78, 5) is 14.7. The molecule has 3 N–H and O–H groups in total. The minimum atomic E-state index is -3.69. The first-order chi connectivity index (χ1) is 15.4. The predicted molar refractivity (Wildman–Crippen MR) is 123 cm³/mol. The summed E-state index contributed by atoms with van der Waals surface area (Å²) in [6.07, 6.45) is 5.39. The number of carbonyl (C=O) groups is 1. The van der Waals surface area contributed by atoms with Gasteiger partial charge in [0.15, 0.2) is 0 Å². The van der Waals surface area contributed by atoms with Gasteiger partial charge in [0.05, 0.1) is 29.8 Å². The molecule has 32 heavy (non-hydrogen) atoms. The number of likely N-dealkylation sites (tertiary alicyclic amines) is 1. The van der Waals surface area contributed by atoms with Gasteiger partial charge < -0.3 is 20.1 Å². The van der Waals surface area contributed by atoms with Crippen LogP contribution in [0.25, 0.3) is 0 Å². The van der Waals surface area contributed by atoms with Gasteiger partial charge in [-0.25, -0.2) is 13.1 Å². The molecule has 0 saturated carbocycles. The van der Waals surface area contributed by atoms with Gasteiger partial charge in [0, 0.05) is 19.5 Å². The monoisotopic (exact) mass is 467 g/mol. The van der Waals surface area contributed by atoms with Crippen LogP contribution in [0.3, 0.4) is 0 Å². The first kappa shape index (κ1) is 25.1. The normalized spacial score (nSPS) is 24.9. The highest BCUT2D eigenvalue weighted by Gasteiger charge is 2.33. The fourth-order valence-electron chi connectivity index (χ4n) is 4.43. The van der Waals surface area contributed by atoms with E-state index in [1.165, 1.54) is 19.3 Å². The zero-order chi connectivity index (χ0) is 23.0. The maximum absolute atomic E-state index is 12.7. The molecule has 0 radical (unpaired) electrons. The van der Waals surface area contributed by atoms with E-state index in [9.17, 15) is 18.3 Å². The van der Waals surface area contributed by atoms with Crippen molar-refractivity contribution in [2.45, 2.75) is 75.0 Å². The Morgan fingerprint density at radius 1 is 1.22 bits per heavy atom. The van der Waals surface area contributed by atoms with Crippen molar-refractivity contribution in [2.24, 2.45) is 0 Å². The number of aliphatic hydroxyl groups is 1. The van der Waals surface area contributed by atoms with Crippen molar-refractivity contribution in [2.75, 3.05) is 32.8 Å². The Morgan fingerprint density at radius 2 is 2.00 bits per heavy atom. The molecule has 2 aliphatic heterocycles. The number of carbonyl (C=O) groups excluding carboxylic acids is 1. The molecule has 2 heterocycles. The molecule has 0 spiro atoms. The summed E-state index contributed by atoms with van der Waals surface area (Å²) in [7, 11) is -3.69. The first-order valence-corrected chi connectivity index (χ1v) is 13.2. The van der Waals surface area contributed by atoms with Gasteiger partial charge in [0.1, 0.15) is 0 Å². The highest BCUT2D eigenvalue weighted by atomic mass is 32.2. The zero-order valence-electron chi connectivity index (χ0n) is 19.0. The van der Waals surface area contributed by atoms with Crippen molar-refractivity contribution < 1.29 is 23.1 Å². The number of rotatable bonds is 10. The standard InChI is InChI=1S/C23H37N3O5S/c1-18-6-5-7-20(16-18)32(29,30)25-21-9-8-19(31-22(21)17-27)10-12-24-23(28)11-15-26-13-3-2-4-14-26/h5-7,16,19,21-22,25,27H,2-4,8-15,17H2,1H3,(H,24,28)/t19-,21-,22-/m0/s1. The highest BCUT2D eigenvalue weighted by Crippen LogP contribution is 2.23. The summed E-state index contributed by atoms with van der Waals surface area (Å²) in [6.45, 7) is 5.07.